The molecule has 0 bridgehead atoms. The van der Waals surface area contributed by atoms with Gasteiger partial charge >= 0.3 is 0 Å². The number of hydrogen-bond donors (Lipinski definition) is 1. The zero-order chi connectivity index (χ0) is 18.8. The Morgan fingerprint density at radius 2 is 1.84 bits per heavy atom. The van der Waals surface area contributed by atoms with Crippen molar-refractivity contribution >= 4 is 44.2 Å². The minimum Gasteiger partial charge on any atom is -0.495 e. The first kappa shape index (κ1) is 19.7. The quantitative estimate of drug-likeness (QED) is 0.676. The van der Waals surface area contributed by atoms with Gasteiger partial charge in [0.25, 0.3) is 5.91 Å². The van der Waals surface area contributed by atoms with E-state index < -0.39 is 15.9 Å². The molecule has 25 heavy (non-hydrogen) atoms. The first-order valence-electron chi connectivity index (χ1n) is 7.35. The molecule has 0 radical (unpaired) electrons. The summed E-state index contributed by atoms with van der Waals surface area (Å²) in [5.74, 6) is 0.134. The van der Waals surface area contributed by atoms with Gasteiger partial charge in [-0.05, 0) is 65.4 Å². The van der Waals surface area contributed by atoms with Crippen molar-refractivity contribution in [2.75, 3.05) is 26.5 Å². The van der Waals surface area contributed by atoms with Gasteiger partial charge in [0.1, 0.15) is 5.75 Å². The molecule has 0 atom stereocenters. The number of benzene rings is 2. The molecule has 0 aromatic heterocycles. The predicted octanol–water partition coefficient (Wildman–Crippen LogP) is 3.11. The Kier molecular flexibility index (Phi) is 6.07. The van der Waals surface area contributed by atoms with Crippen molar-refractivity contribution in [3.8, 4) is 5.75 Å². The standard InChI is InChI=1S/C17H19IN2O4S/c1-11-5-8-16(24-4)15(9-11)19-17(21)13-10-12(6-7-14(13)18)25(22,23)20(2)3/h5-10H,1-4H3,(H,19,21). The van der Waals surface area contributed by atoms with E-state index in [4.69, 9.17) is 4.74 Å². The lowest BCUT2D eigenvalue weighted by molar-refractivity contribution is 0.102. The Morgan fingerprint density at radius 1 is 1.16 bits per heavy atom. The third kappa shape index (κ3) is 4.31. The maximum absolute atomic E-state index is 12.7. The van der Waals surface area contributed by atoms with Crippen molar-refractivity contribution < 1.29 is 17.9 Å². The van der Waals surface area contributed by atoms with E-state index in [-0.39, 0.29) is 10.5 Å². The molecular formula is C17H19IN2O4S. The molecule has 6 nitrogen and oxygen atoms in total. The van der Waals surface area contributed by atoms with Gasteiger partial charge in [-0.3, -0.25) is 4.79 Å². The minimum atomic E-state index is -3.62. The summed E-state index contributed by atoms with van der Waals surface area (Å²) in [5, 5.41) is 2.79. The molecule has 0 aliphatic heterocycles. The zero-order valence-electron chi connectivity index (χ0n) is 14.3. The highest BCUT2D eigenvalue weighted by Gasteiger charge is 2.21. The number of aryl methyl sites for hydroxylation is 1. The van der Waals surface area contributed by atoms with Gasteiger partial charge in [-0.25, -0.2) is 12.7 Å². The summed E-state index contributed by atoms with van der Waals surface area (Å²) < 4.78 is 31.6. The number of sulfonamides is 1. The second-order valence-electron chi connectivity index (χ2n) is 5.59. The smallest absolute Gasteiger partial charge is 0.256 e. The summed E-state index contributed by atoms with van der Waals surface area (Å²) in [6.45, 7) is 1.91. The maximum Gasteiger partial charge on any atom is 0.256 e. The van der Waals surface area contributed by atoms with Crippen LogP contribution in [-0.2, 0) is 10.0 Å². The Labute approximate surface area is 161 Å². The largest absolute Gasteiger partial charge is 0.495 e. The average molecular weight is 474 g/mol. The Hall–Kier alpha value is -1.65. The molecule has 0 aliphatic carbocycles. The number of ether oxygens (including phenoxy) is 1. The van der Waals surface area contributed by atoms with E-state index in [1.165, 1.54) is 33.3 Å². The number of nitrogens with one attached hydrogen (secondary N) is 1. The molecule has 134 valence electrons. The zero-order valence-corrected chi connectivity index (χ0v) is 17.3. The highest BCUT2D eigenvalue weighted by atomic mass is 127. The van der Waals surface area contributed by atoms with Gasteiger partial charge in [-0.2, -0.15) is 0 Å². The lowest BCUT2D eigenvalue weighted by atomic mass is 10.1. The SMILES string of the molecule is COc1ccc(C)cc1NC(=O)c1cc(S(=O)(=O)N(C)C)ccc1I. The molecule has 2 aromatic rings. The molecule has 0 saturated carbocycles. The Bertz CT molecular complexity index is 911. The third-order valence-corrected chi connectivity index (χ3v) is 6.32. The van der Waals surface area contributed by atoms with Crippen LogP contribution >= 0.6 is 22.6 Å². The molecule has 8 heteroatoms. The van der Waals surface area contributed by atoms with Crippen LogP contribution in [0.1, 0.15) is 15.9 Å². The van der Waals surface area contributed by atoms with E-state index >= 15 is 0 Å². The molecule has 1 N–H and O–H groups in total. The van der Waals surface area contributed by atoms with Gasteiger partial charge in [0, 0.05) is 17.7 Å². The van der Waals surface area contributed by atoms with Crippen LogP contribution in [0.25, 0.3) is 0 Å². The first-order valence-corrected chi connectivity index (χ1v) is 9.86. The summed E-state index contributed by atoms with van der Waals surface area (Å²) >= 11 is 2.00. The molecule has 2 rings (SSSR count). The number of amides is 1. The van der Waals surface area contributed by atoms with Crippen molar-refractivity contribution in [2.24, 2.45) is 0 Å². The van der Waals surface area contributed by atoms with Crippen LogP contribution in [0, 0.1) is 10.5 Å². The monoisotopic (exact) mass is 474 g/mol. The molecule has 0 fully saturated rings. The number of halogens is 1. The Morgan fingerprint density at radius 3 is 2.44 bits per heavy atom. The average Bonchev–Trinajstić information content (AvgIpc) is 2.55. The van der Waals surface area contributed by atoms with Crippen molar-refractivity contribution in [1.82, 2.24) is 4.31 Å². The van der Waals surface area contributed by atoms with Crippen molar-refractivity contribution in [3.05, 3.63) is 51.1 Å². The van der Waals surface area contributed by atoms with Gasteiger partial charge in [-0.15, -0.1) is 0 Å². The van der Waals surface area contributed by atoms with E-state index in [0.717, 1.165) is 9.87 Å². The molecule has 0 saturated heterocycles. The van der Waals surface area contributed by atoms with Crippen molar-refractivity contribution in [1.29, 1.82) is 0 Å². The number of rotatable bonds is 5. The van der Waals surface area contributed by atoms with E-state index in [1.807, 2.05) is 35.6 Å². The van der Waals surface area contributed by atoms with Crippen LogP contribution in [0.15, 0.2) is 41.3 Å². The summed E-state index contributed by atoms with van der Waals surface area (Å²) in [6, 6.07) is 9.92. The highest BCUT2D eigenvalue weighted by molar-refractivity contribution is 14.1. The first-order chi connectivity index (χ1) is 11.7. The Balaban J connectivity index is 2.42. The second kappa shape index (κ2) is 7.71. The molecule has 0 unspecified atom stereocenters. The third-order valence-electron chi connectivity index (χ3n) is 3.56. The lowest BCUT2D eigenvalue weighted by Gasteiger charge is -2.14. The fourth-order valence-electron chi connectivity index (χ4n) is 2.16. The second-order valence-corrected chi connectivity index (χ2v) is 8.90. The van der Waals surface area contributed by atoms with Crippen molar-refractivity contribution in [2.45, 2.75) is 11.8 Å². The number of hydrogen-bond acceptors (Lipinski definition) is 4. The molecule has 0 aliphatic rings. The normalized spacial score (nSPS) is 11.4. The van der Waals surface area contributed by atoms with Crippen molar-refractivity contribution in [3.63, 3.8) is 0 Å². The molecule has 0 spiro atoms. The number of carbonyl (C=O) groups is 1. The summed E-state index contributed by atoms with van der Waals surface area (Å²) in [6.07, 6.45) is 0. The van der Waals surface area contributed by atoms with E-state index in [0.29, 0.717) is 15.0 Å². The molecular weight excluding hydrogens is 455 g/mol. The molecule has 2 aromatic carbocycles. The maximum atomic E-state index is 12.7. The van der Waals surface area contributed by atoms with Crippen LogP contribution in [0.4, 0.5) is 5.69 Å². The lowest BCUT2D eigenvalue weighted by Crippen LogP contribution is -2.23. The van der Waals surface area contributed by atoms with Gasteiger partial charge in [0.15, 0.2) is 0 Å². The van der Waals surface area contributed by atoms with Gasteiger partial charge in [0.2, 0.25) is 10.0 Å². The summed E-state index contributed by atoms with van der Waals surface area (Å²) in [7, 11) is 0.804. The van der Waals surface area contributed by atoms with Crippen LogP contribution in [0.5, 0.6) is 5.75 Å². The molecule has 1 amide bonds. The number of anilines is 1. The molecule has 0 heterocycles. The van der Waals surface area contributed by atoms with E-state index in [1.54, 1.807) is 18.2 Å². The van der Waals surface area contributed by atoms with Crippen LogP contribution in [-0.4, -0.2) is 39.8 Å². The predicted molar refractivity (Wildman–Crippen MR) is 106 cm³/mol. The van der Waals surface area contributed by atoms with Gasteiger partial charge in [0.05, 0.1) is 23.3 Å². The van der Waals surface area contributed by atoms with E-state index in [9.17, 15) is 13.2 Å². The number of methoxy groups -OCH3 is 1. The fourth-order valence-corrected chi connectivity index (χ4v) is 3.67. The van der Waals surface area contributed by atoms with E-state index in [2.05, 4.69) is 5.32 Å². The highest BCUT2D eigenvalue weighted by Crippen LogP contribution is 2.27. The van der Waals surface area contributed by atoms with Crippen LogP contribution in [0.3, 0.4) is 0 Å². The summed E-state index contributed by atoms with van der Waals surface area (Å²) in [5.41, 5.74) is 1.78. The van der Waals surface area contributed by atoms with Gasteiger partial charge in [-0.1, -0.05) is 6.07 Å². The van der Waals surface area contributed by atoms with Gasteiger partial charge < -0.3 is 10.1 Å². The number of nitrogens with zero attached hydrogens (tertiary/aromatic N) is 1. The minimum absolute atomic E-state index is 0.0688. The summed E-state index contributed by atoms with van der Waals surface area (Å²) in [4.78, 5) is 12.8. The van der Waals surface area contributed by atoms with Crippen LogP contribution in [0.2, 0.25) is 0 Å². The number of carbonyl (C=O) groups excluding carboxylic acids is 1. The topological polar surface area (TPSA) is 75.7 Å². The van der Waals surface area contributed by atoms with Crippen LogP contribution < -0.4 is 10.1 Å². The fraction of sp³-hybridized carbons (Fsp3) is 0.235.